The number of hydrogen-bond acceptors (Lipinski definition) is 4. The Hall–Kier alpha value is -3.48. The number of carbonyl (C=O) groups is 2. The van der Waals surface area contributed by atoms with Crippen LogP contribution in [0.1, 0.15) is 12.5 Å². The van der Waals surface area contributed by atoms with Crippen molar-refractivity contribution in [2.45, 2.75) is 13.3 Å². The van der Waals surface area contributed by atoms with Crippen molar-refractivity contribution in [1.82, 2.24) is 15.8 Å². The number of H-pyrrole nitrogens is 1. The molecule has 7 nitrogen and oxygen atoms in total. The maximum absolute atomic E-state index is 12.1. The number of nitrogens with one attached hydrogen (secondary N) is 3. The largest absolute Gasteiger partial charge is 0.490 e. The van der Waals surface area contributed by atoms with E-state index in [1.54, 1.807) is 24.4 Å². The first-order valence-corrected chi connectivity index (χ1v) is 8.64. The Labute approximate surface area is 156 Å². The van der Waals surface area contributed by atoms with Gasteiger partial charge in [0.1, 0.15) is 0 Å². The van der Waals surface area contributed by atoms with Crippen LogP contribution >= 0.6 is 0 Å². The molecule has 0 saturated carbocycles. The van der Waals surface area contributed by atoms with E-state index in [-0.39, 0.29) is 18.9 Å². The van der Waals surface area contributed by atoms with Gasteiger partial charge in [-0.05, 0) is 30.7 Å². The molecule has 0 spiro atoms. The number of aromatic nitrogens is 1. The standard InChI is InChI=1S/C20H21N3O4/c1-2-26-17-9-5-6-10-18(17)27-13-20(25)23-22-19(24)11-14-12-21-16-8-4-3-7-15(14)16/h3-10,12,21H,2,11,13H2,1H3,(H,22,24)(H,23,25). The average Bonchev–Trinajstić information content (AvgIpc) is 3.09. The van der Waals surface area contributed by atoms with Gasteiger partial charge in [0.25, 0.3) is 5.91 Å². The third-order valence-electron chi connectivity index (χ3n) is 3.88. The number of para-hydroxylation sites is 3. The van der Waals surface area contributed by atoms with E-state index in [2.05, 4.69) is 15.8 Å². The molecule has 0 saturated heterocycles. The van der Waals surface area contributed by atoms with Gasteiger partial charge in [0.15, 0.2) is 18.1 Å². The first-order chi connectivity index (χ1) is 13.2. The van der Waals surface area contributed by atoms with Crippen molar-refractivity contribution >= 4 is 22.7 Å². The van der Waals surface area contributed by atoms with Gasteiger partial charge in [0.05, 0.1) is 13.0 Å². The van der Waals surface area contributed by atoms with Crippen LogP contribution in [0.25, 0.3) is 10.9 Å². The molecule has 2 amide bonds. The number of amides is 2. The number of aromatic amines is 1. The number of hydrazine groups is 1. The fourth-order valence-corrected chi connectivity index (χ4v) is 2.66. The van der Waals surface area contributed by atoms with E-state index in [9.17, 15) is 9.59 Å². The molecule has 3 N–H and O–H groups in total. The van der Waals surface area contributed by atoms with Gasteiger partial charge < -0.3 is 14.5 Å². The molecule has 0 radical (unpaired) electrons. The summed E-state index contributed by atoms with van der Waals surface area (Å²) in [5, 5.41) is 0.981. The molecule has 0 aliphatic heterocycles. The molecule has 0 unspecified atom stereocenters. The van der Waals surface area contributed by atoms with Crippen molar-refractivity contribution in [1.29, 1.82) is 0 Å². The normalized spacial score (nSPS) is 10.4. The second-order valence-electron chi connectivity index (χ2n) is 5.80. The second kappa shape index (κ2) is 8.75. The topological polar surface area (TPSA) is 92.4 Å². The van der Waals surface area contributed by atoms with Crippen molar-refractivity contribution < 1.29 is 19.1 Å². The zero-order chi connectivity index (χ0) is 19.1. The Kier molecular flexibility index (Phi) is 5.94. The molecule has 1 aromatic heterocycles. The van der Waals surface area contributed by atoms with E-state index in [4.69, 9.17) is 9.47 Å². The lowest BCUT2D eigenvalue weighted by molar-refractivity contribution is -0.129. The van der Waals surface area contributed by atoms with Crippen molar-refractivity contribution in [2.24, 2.45) is 0 Å². The Morgan fingerprint density at radius 1 is 0.926 bits per heavy atom. The molecule has 0 aliphatic rings. The zero-order valence-corrected chi connectivity index (χ0v) is 15.0. The molecular weight excluding hydrogens is 346 g/mol. The Balaban J connectivity index is 1.47. The van der Waals surface area contributed by atoms with E-state index in [0.717, 1.165) is 16.5 Å². The first kappa shape index (κ1) is 18.3. The molecule has 140 valence electrons. The summed E-state index contributed by atoms with van der Waals surface area (Å²) in [4.78, 5) is 27.1. The lowest BCUT2D eigenvalue weighted by atomic mass is 10.1. The van der Waals surface area contributed by atoms with E-state index in [0.29, 0.717) is 18.1 Å². The minimum atomic E-state index is -0.464. The summed E-state index contributed by atoms with van der Waals surface area (Å²) < 4.78 is 10.9. The highest BCUT2D eigenvalue weighted by Gasteiger charge is 2.11. The Morgan fingerprint density at radius 3 is 2.37 bits per heavy atom. The molecule has 1 heterocycles. The van der Waals surface area contributed by atoms with Gasteiger partial charge in [-0.2, -0.15) is 0 Å². The van der Waals surface area contributed by atoms with Crippen LogP contribution in [-0.4, -0.2) is 30.0 Å². The average molecular weight is 367 g/mol. The van der Waals surface area contributed by atoms with Crippen LogP contribution < -0.4 is 20.3 Å². The van der Waals surface area contributed by atoms with Crippen LogP contribution in [0, 0.1) is 0 Å². The molecule has 0 aliphatic carbocycles. The molecule has 27 heavy (non-hydrogen) atoms. The van der Waals surface area contributed by atoms with Crippen LogP contribution in [0.4, 0.5) is 0 Å². The molecular formula is C20H21N3O4. The number of hydrogen-bond donors (Lipinski definition) is 3. The van der Waals surface area contributed by atoms with E-state index in [1.165, 1.54) is 0 Å². The summed E-state index contributed by atoms with van der Waals surface area (Å²) in [5.41, 5.74) is 6.57. The van der Waals surface area contributed by atoms with Crippen LogP contribution in [0.2, 0.25) is 0 Å². The van der Waals surface area contributed by atoms with Gasteiger partial charge in [0, 0.05) is 17.1 Å². The predicted octanol–water partition coefficient (Wildman–Crippen LogP) is 2.34. The van der Waals surface area contributed by atoms with Crippen LogP contribution in [-0.2, 0) is 16.0 Å². The molecule has 3 rings (SSSR count). The summed E-state index contributed by atoms with van der Waals surface area (Å²) in [7, 11) is 0. The van der Waals surface area contributed by atoms with E-state index >= 15 is 0 Å². The van der Waals surface area contributed by atoms with Crippen LogP contribution in [0.5, 0.6) is 11.5 Å². The highest BCUT2D eigenvalue weighted by atomic mass is 16.5. The lowest BCUT2D eigenvalue weighted by Crippen LogP contribution is -2.44. The number of fused-ring (bicyclic) bond motifs is 1. The maximum atomic E-state index is 12.1. The van der Waals surface area contributed by atoms with Crippen molar-refractivity contribution in [3.63, 3.8) is 0 Å². The quantitative estimate of drug-likeness (QED) is 0.559. The van der Waals surface area contributed by atoms with Crippen LogP contribution in [0.15, 0.2) is 54.7 Å². The summed E-state index contributed by atoms with van der Waals surface area (Å²) in [6.07, 6.45) is 1.94. The van der Waals surface area contributed by atoms with Gasteiger partial charge >= 0.3 is 0 Å². The monoisotopic (exact) mass is 367 g/mol. The van der Waals surface area contributed by atoms with Crippen molar-refractivity contribution in [3.05, 3.63) is 60.3 Å². The fourth-order valence-electron chi connectivity index (χ4n) is 2.66. The van der Waals surface area contributed by atoms with Crippen molar-refractivity contribution in [3.8, 4) is 11.5 Å². The number of benzene rings is 2. The molecule has 7 heteroatoms. The molecule has 2 aromatic carbocycles. The Bertz CT molecular complexity index is 936. The number of carbonyl (C=O) groups excluding carboxylic acids is 2. The third-order valence-corrected chi connectivity index (χ3v) is 3.88. The maximum Gasteiger partial charge on any atom is 0.276 e. The number of ether oxygens (including phenoxy) is 2. The fraction of sp³-hybridized carbons (Fsp3) is 0.200. The molecule has 0 atom stereocenters. The lowest BCUT2D eigenvalue weighted by Gasteiger charge is -2.12. The van der Waals surface area contributed by atoms with Gasteiger partial charge in [-0.3, -0.25) is 20.4 Å². The van der Waals surface area contributed by atoms with Crippen molar-refractivity contribution in [2.75, 3.05) is 13.2 Å². The predicted molar refractivity (Wildman–Crippen MR) is 101 cm³/mol. The second-order valence-corrected chi connectivity index (χ2v) is 5.80. The summed E-state index contributed by atoms with van der Waals surface area (Å²) >= 11 is 0. The van der Waals surface area contributed by atoms with Gasteiger partial charge in [-0.25, -0.2) is 0 Å². The van der Waals surface area contributed by atoms with Crippen LogP contribution in [0.3, 0.4) is 0 Å². The molecule has 0 bridgehead atoms. The molecule has 3 aromatic rings. The summed E-state index contributed by atoms with van der Waals surface area (Å²) in [6, 6.07) is 14.8. The zero-order valence-electron chi connectivity index (χ0n) is 15.0. The van der Waals surface area contributed by atoms with E-state index in [1.807, 2.05) is 37.3 Å². The smallest absolute Gasteiger partial charge is 0.276 e. The van der Waals surface area contributed by atoms with Gasteiger partial charge in [0.2, 0.25) is 5.91 Å². The van der Waals surface area contributed by atoms with Gasteiger partial charge in [-0.1, -0.05) is 30.3 Å². The SMILES string of the molecule is CCOc1ccccc1OCC(=O)NNC(=O)Cc1c[nH]c2ccccc12. The molecule has 0 fully saturated rings. The van der Waals surface area contributed by atoms with E-state index < -0.39 is 5.91 Å². The summed E-state index contributed by atoms with van der Waals surface area (Å²) in [5.74, 6) is 0.257. The van der Waals surface area contributed by atoms with Gasteiger partial charge in [-0.15, -0.1) is 0 Å². The first-order valence-electron chi connectivity index (χ1n) is 8.64. The third kappa shape index (κ3) is 4.78. The minimum Gasteiger partial charge on any atom is -0.490 e. The highest BCUT2D eigenvalue weighted by Crippen LogP contribution is 2.26. The number of rotatable bonds is 7. The highest BCUT2D eigenvalue weighted by molar-refractivity contribution is 5.89. The Morgan fingerprint density at radius 2 is 1.59 bits per heavy atom. The minimum absolute atomic E-state index is 0.151. The summed E-state index contributed by atoms with van der Waals surface area (Å²) in [6.45, 7) is 2.13.